The maximum Gasteiger partial charge on any atom is 0.391 e. The topological polar surface area (TPSA) is 46.2 Å². The molecule has 0 saturated heterocycles. The van der Waals surface area contributed by atoms with E-state index < -0.39 is 17.7 Å². The van der Waals surface area contributed by atoms with Crippen LogP contribution in [0.1, 0.15) is 51.4 Å². The van der Waals surface area contributed by atoms with Crippen molar-refractivity contribution < 1.29 is 18.3 Å². The molecule has 0 aromatic rings. The Morgan fingerprint density at radius 1 is 1.10 bits per heavy atom. The standard InChI is InChI=1S/C15H24F3NO/c16-15(17,18)11-3-5-14(20,6-4-11)13(9-19)8-10-1-2-12(13)7-10/h10-12,20H,1-9,19H2. The predicted octanol–water partition coefficient (Wildman–Crippen LogP) is 3.24. The molecule has 0 aromatic heterocycles. The molecule has 3 aliphatic carbocycles. The molecule has 3 rings (SSSR count). The zero-order valence-electron chi connectivity index (χ0n) is 11.8. The van der Waals surface area contributed by atoms with Crippen molar-refractivity contribution >= 4 is 0 Å². The van der Waals surface area contributed by atoms with Crippen LogP contribution in [-0.4, -0.2) is 23.4 Å². The Hall–Kier alpha value is -0.290. The summed E-state index contributed by atoms with van der Waals surface area (Å²) >= 11 is 0. The number of rotatable bonds is 2. The lowest BCUT2D eigenvalue weighted by Crippen LogP contribution is -2.57. The van der Waals surface area contributed by atoms with Crippen LogP contribution >= 0.6 is 0 Å². The van der Waals surface area contributed by atoms with Crippen molar-refractivity contribution in [3.8, 4) is 0 Å². The van der Waals surface area contributed by atoms with Crippen LogP contribution in [-0.2, 0) is 0 Å². The molecule has 0 heterocycles. The van der Waals surface area contributed by atoms with Gasteiger partial charge in [0.05, 0.1) is 11.5 Å². The summed E-state index contributed by atoms with van der Waals surface area (Å²) in [6.07, 6.45) is 0.837. The number of halogens is 3. The van der Waals surface area contributed by atoms with Gasteiger partial charge in [-0.1, -0.05) is 6.42 Å². The van der Waals surface area contributed by atoms with Crippen LogP contribution in [0.15, 0.2) is 0 Å². The minimum atomic E-state index is -4.12. The molecule has 20 heavy (non-hydrogen) atoms. The summed E-state index contributed by atoms with van der Waals surface area (Å²) < 4.78 is 38.4. The molecule has 2 bridgehead atoms. The van der Waals surface area contributed by atoms with Crippen LogP contribution in [0.5, 0.6) is 0 Å². The number of alkyl halides is 3. The second kappa shape index (κ2) is 4.60. The van der Waals surface area contributed by atoms with Gasteiger partial charge in [-0.05, 0) is 56.8 Å². The SMILES string of the molecule is NCC1(C2(O)CCC(C(F)(F)F)CC2)CC2CCC1C2. The lowest BCUT2D eigenvalue weighted by molar-refractivity contribution is -0.208. The highest BCUT2D eigenvalue weighted by Crippen LogP contribution is 2.63. The quantitative estimate of drug-likeness (QED) is 0.820. The molecule has 2 nitrogen and oxygen atoms in total. The molecule has 0 amide bonds. The van der Waals surface area contributed by atoms with Crippen LogP contribution in [0.4, 0.5) is 13.2 Å². The summed E-state index contributed by atoms with van der Waals surface area (Å²) in [7, 11) is 0. The van der Waals surface area contributed by atoms with E-state index in [9.17, 15) is 18.3 Å². The highest BCUT2D eigenvalue weighted by Gasteiger charge is 2.61. The largest absolute Gasteiger partial charge is 0.391 e. The highest BCUT2D eigenvalue weighted by atomic mass is 19.4. The first-order valence-corrected chi connectivity index (χ1v) is 7.80. The van der Waals surface area contributed by atoms with E-state index in [-0.39, 0.29) is 31.1 Å². The predicted molar refractivity (Wildman–Crippen MR) is 69.9 cm³/mol. The summed E-state index contributed by atoms with van der Waals surface area (Å²) in [6.45, 7) is 0.418. The van der Waals surface area contributed by atoms with Gasteiger partial charge in [0.1, 0.15) is 0 Å². The molecule has 0 aliphatic heterocycles. The van der Waals surface area contributed by atoms with Gasteiger partial charge >= 0.3 is 6.18 Å². The Labute approximate surface area is 117 Å². The minimum absolute atomic E-state index is 0.0547. The van der Waals surface area contributed by atoms with Gasteiger partial charge in [-0.15, -0.1) is 0 Å². The molecule has 116 valence electrons. The van der Waals surface area contributed by atoms with Crippen molar-refractivity contribution in [1.82, 2.24) is 0 Å². The van der Waals surface area contributed by atoms with Gasteiger partial charge in [-0.25, -0.2) is 0 Å². The molecule has 0 aromatic carbocycles. The molecule has 0 radical (unpaired) electrons. The molecule has 3 fully saturated rings. The lowest BCUT2D eigenvalue weighted by atomic mass is 9.57. The number of hydrogen-bond acceptors (Lipinski definition) is 2. The Balaban J connectivity index is 1.77. The van der Waals surface area contributed by atoms with E-state index in [0.29, 0.717) is 18.4 Å². The first kappa shape index (κ1) is 14.6. The van der Waals surface area contributed by atoms with Crippen LogP contribution in [0.3, 0.4) is 0 Å². The van der Waals surface area contributed by atoms with Gasteiger partial charge in [0, 0.05) is 12.0 Å². The summed E-state index contributed by atoms with van der Waals surface area (Å²) in [4.78, 5) is 0. The van der Waals surface area contributed by atoms with Gasteiger partial charge in [0.2, 0.25) is 0 Å². The Kier molecular flexibility index (Phi) is 3.37. The van der Waals surface area contributed by atoms with Crippen molar-refractivity contribution in [1.29, 1.82) is 0 Å². The second-order valence-corrected chi connectivity index (χ2v) is 7.29. The molecule has 3 atom stereocenters. The Morgan fingerprint density at radius 2 is 1.75 bits per heavy atom. The van der Waals surface area contributed by atoms with E-state index in [1.807, 2.05) is 0 Å². The van der Waals surface area contributed by atoms with Crippen LogP contribution in [0.25, 0.3) is 0 Å². The monoisotopic (exact) mass is 291 g/mol. The second-order valence-electron chi connectivity index (χ2n) is 7.29. The van der Waals surface area contributed by atoms with Crippen molar-refractivity contribution in [3.05, 3.63) is 0 Å². The summed E-state index contributed by atoms with van der Waals surface area (Å²) in [5.41, 5.74) is 4.73. The molecule has 3 unspecified atom stereocenters. The van der Waals surface area contributed by atoms with E-state index in [0.717, 1.165) is 19.3 Å². The van der Waals surface area contributed by atoms with Crippen LogP contribution in [0.2, 0.25) is 0 Å². The fraction of sp³-hybridized carbons (Fsp3) is 1.00. The smallest absolute Gasteiger partial charge is 0.389 e. The Morgan fingerprint density at radius 3 is 2.15 bits per heavy atom. The zero-order chi connectivity index (χ0) is 14.6. The third kappa shape index (κ3) is 2.00. The normalized spacial score (nSPS) is 48.8. The van der Waals surface area contributed by atoms with E-state index in [4.69, 9.17) is 5.73 Å². The van der Waals surface area contributed by atoms with Crippen LogP contribution < -0.4 is 5.73 Å². The Bertz CT molecular complexity index is 376. The third-order valence-electron chi connectivity index (χ3n) is 6.54. The number of aliphatic hydroxyl groups is 1. The van der Waals surface area contributed by atoms with Gasteiger partial charge in [0.25, 0.3) is 0 Å². The fourth-order valence-electron chi connectivity index (χ4n) is 5.37. The maximum absolute atomic E-state index is 12.8. The molecule has 3 saturated carbocycles. The number of fused-ring (bicyclic) bond motifs is 2. The summed E-state index contributed by atoms with van der Waals surface area (Å²) in [5, 5.41) is 11.1. The number of nitrogens with two attached hydrogens (primary N) is 1. The maximum atomic E-state index is 12.8. The molecular formula is C15H24F3NO. The first-order chi connectivity index (χ1) is 9.31. The van der Waals surface area contributed by atoms with E-state index in [1.54, 1.807) is 0 Å². The van der Waals surface area contributed by atoms with Crippen molar-refractivity contribution in [2.75, 3.05) is 6.54 Å². The number of hydrogen-bond donors (Lipinski definition) is 2. The zero-order valence-corrected chi connectivity index (χ0v) is 11.8. The first-order valence-electron chi connectivity index (χ1n) is 7.80. The molecule has 3 N–H and O–H groups in total. The van der Waals surface area contributed by atoms with E-state index >= 15 is 0 Å². The molecule has 5 heteroatoms. The molecule has 0 spiro atoms. The molecular weight excluding hydrogens is 267 g/mol. The highest BCUT2D eigenvalue weighted by molar-refractivity contribution is 5.12. The van der Waals surface area contributed by atoms with Crippen molar-refractivity contribution in [2.45, 2.75) is 63.1 Å². The third-order valence-corrected chi connectivity index (χ3v) is 6.54. The van der Waals surface area contributed by atoms with Crippen molar-refractivity contribution in [2.24, 2.45) is 28.9 Å². The van der Waals surface area contributed by atoms with E-state index in [2.05, 4.69) is 0 Å². The minimum Gasteiger partial charge on any atom is -0.389 e. The average Bonchev–Trinajstić information content (AvgIpc) is 2.98. The average molecular weight is 291 g/mol. The van der Waals surface area contributed by atoms with Gasteiger partial charge in [-0.2, -0.15) is 13.2 Å². The van der Waals surface area contributed by atoms with Gasteiger partial charge < -0.3 is 10.8 Å². The summed E-state index contributed by atoms with van der Waals surface area (Å²) in [6, 6.07) is 0. The molecule has 3 aliphatic rings. The van der Waals surface area contributed by atoms with Gasteiger partial charge in [-0.3, -0.25) is 0 Å². The van der Waals surface area contributed by atoms with Crippen molar-refractivity contribution in [3.63, 3.8) is 0 Å². The fourth-order valence-corrected chi connectivity index (χ4v) is 5.37. The van der Waals surface area contributed by atoms with Crippen LogP contribution in [0, 0.1) is 23.2 Å². The van der Waals surface area contributed by atoms with Gasteiger partial charge in [0.15, 0.2) is 0 Å². The van der Waals surface area contributed by atoms with E-state index in [1.165, 1.54) is 6.42 Å². The lowest BCUT2D eigenvalue weighted by Gasteiger charge is -2.52. The summed E-state index contributed by atoms with van der Waals surface area (Å²) in [5.74, 6) is -0.186.